The second kappa shape index (κ2) is 5.35. The molecule has 1 atom stereocenters. The predicted molar refractivity (Wildman–Crippen MR) is 60.4 cm³/mol. The second-order valence-electron chi connectivity index (χ2n) is 3.65. The molecule has 0 aliphatic rings. The third kappa shape index (κ3) is 3.19. The average Bonchev–Trinajstić information content (AvgIpc) is 2.26. The molecule has 0 aliphatic carbocycles. The van der Waals surface area contributed by atoms with Gasteiger partial charge in [0, 0.05) is 12.5 Å². The summed E-state index contributed by atoms with van der Waals surface area (Å²) in [7, 11) is 0. The molecule has 1 aromatic carbocycles. The number of carbonyl (C=O) groups is 1. The first kappa shape index (κ1) is 14.4. The van der Waals surface area contributed by atoms with Gasteiger partial charge in [-0.25, -0.2) is 0 Å². The van der Waals surface area contributed by atoms with E-state index in [4.69, 9.17) is 11.5 Å². The predicted octanol–water partition coefficient (Wildman–Crippen LogP) is 0.517. The molecule has 10 heteroatoms. The number of nitrogens with two attached hydrogens (primary N) is 2. The highest BCUT2D eigenvalue weighted by Crippen LogP contribution is 2.31. The average molecular weight is 272 g/mol. The Bertz CT molecular complexity index is 562. The van der Waals surface area contributed by atoms with E-state index in [1.165, 1.54) is 0 Å². The highest BCUT2D eigenvalue weighted by molar-refractivity contribution is 5.75. The molecule has 102 valence electrons. The Morgan fingerprint density at radius 2 is 1.79 bits per heavy atom. The smallest absolute Gasteiger partial charge is 0.311 e. The molecule has 0 bridgehead atoms. The fraction of sp³-hybridized carbons (Fsp3) is 0.222. The normalized spacial score (nSPS) is 11.9. The van der Waals surface area contributed by atoms with Crippen molar-refractivity contribution in [3.8, 4) is 0 Å². The first-order valence-electron chi connectivity index (χ1n) is 4.90. The number of benzene rings is 1. The Morgan fingerprint density at radius 1 is 1.26 bits per heavy atom. The topological polar surface area (TPSA) is 155 Å². The van der Waals surface area contributed by atoms with E-state index >= 15 is 0 Å². The molecule has 1 rings (SSSR count). The van der Waals surface area contributed by atoms with Crippen molar-refractivity contribution < 1.29 is 19.0 Å². The Morgan fingerprint density at radius 3 is 2.21 bits per heavy atom. The molecular weight excluding hydrogens is 263 g/mol. The van der Waals surface area contributed by atoms with Gasteiger partial charge < -0.3 is 11.5 Å². The van der Waals surface area contributed by atoms with E-state index in [-0.39, 0.29) is 5.56 Å². The maximum absolute atomic E-state index is 13.4. The monoisotopic (exact) mass is 272 g/mol. The van der Waals surface area contributed by atoms with E-state index in [2.05, 4.69) is 0 Å². The van der Waals surface area contributed by atoms with Crippen molar-refractivity contribution >= 4 is 17.3 Å². The molecule has 1 aromatic rings. The van der Waals surface area contributed by atoms with E-state index < -0.39 is 45.4 Å². The zero-order valence-corrected chi connectivity index (χ0v) is 9.41. The van der Waals surface area contributed by atoms with Crippen LogP contribution >= 0.6 is 0 Å². The summed E-state index contributed by atoms with van der Waals surface area (Å²) < 4.78 is 13.4. The minimum absolute atomic E-state index is 0.327. The third-order valence-corrected chi connectivity index (χ3v) is 2.31. The molecule has 0 aromatic heterocycles. The maximum Gasteiger partial charge on any atom is 0.311 e. The summed E-state index contributed by atoms with van der Waals surface area (Å²) in [6, 6.07) is -0.178. The van der Waals surface area contributed by atoms with Crippen LogP contribution in [0.1, 0.15) is 18.0 Å². The van der Waals surface area contributed by atoms with Crippen LogP contribution in [0.15, 0.2) is 12.1 Å². The SMILES string of the molecule is NC(=O)C[C@H](N)c1cc(F)c([N+](=O)[O-])cc1[N+](=O)[O-]. The molecule has 0 saturated heterocycles. The number of hydrogen-bond acceptors (Lipinski definition) is 6. The van der Waals surface area contributed by atoms with E-state index in [1.54, 1.807) is 0 Å². The number of hydrogen-bond donors (Lipinski definition) is 2. The summed E-state index contributed by atoms with van der Waals surface area (Å²) in [4.78, 5) is 29.9. The van der Waals surface area contributed by atoms with Crippen molar-refractivity contribution in [1.29, 1.82) is 0 Å². The summed E-state index contributed by atoms with van der Waals surface area (Å²) in [5.41, 5.74) is 8.27. The first-order chi connectivity index (χ1) is 8.73. The summed E-state index contributed by atoms with van der Waals surface area (Å²) in [5, 5.41) is 21.3. The number of primary amides is 1. The molecule has 19 heavy (non-hydrogen) atoms. The van der Waals surface area contributed by atoms with Crippen molar-refractivity contribution in [3.05, 3.63) is 43.7 Å². The number of halogens is 1. The van der Waals surface area contributed by atoms with Crippen LogP contribution in [-0.2, 0) is 4.79 Å². The molecule has 0 heterocycles. The molecule has 9 nitrogen and oxygen atoms in total. The van der Waals surface area contributed by atoms with Gasteiger partial charge in [0.05, 0.1) is 21.5 Å². The van der Waals surface area contributed by atoms with Crippen molar-refractivity contribution in [3.63, 3.8) is 0 Å². The van der Waals surface area contributed by atoms with Gasteiger partial charge in [-0.15, -0.1) is 0 Å². The second-order valence-corrected chi connectivity index (χ2v) is 3.65. The van der Waals surface area contributed by atoms with Crippen LogP contribution in [0.4, 0.5) is 15.8 Å². The van der Waals surface area contributed by atoms with Gasteiger partial charge >= 0.3 is 5.69 Å². The zero-order chi connectivity index (χ0) is 14.7. The lowest BCUT2D eigenvalue weighted by Crippen LogP contribution is -2.21. The number of nitro groups is 2. The molecule has 0 spiro atoms. The molecular formula is C9H9FN4O5. The summed E-state index contributed by atoms with van der Waals surface area (Å²) in [6.45, 7) is 0. The molecule has 0 fully saturated rings. The molecule has 0 aliphatic heterocycles. The van der Waals surface area contributed by atoms with Gasteiger partial charge in [0.25, 0.3) is 5.69 Å². The van der Waals surface area contributed by atoms with Gasteiger partial charge in [0.2, 0.25) is 11.7 Å². The fourth-order valence-electron chi connectivity index (χ4n) is 1.49. The summed E-state index contributed by atoms with van der Waals surface area (Å²) in [5.74, 6) is -2.11. The Labute approximate surface area is 105 Å². The number of rotatable bonds is 5. The molecule has 0 saturated carbocycles. The Balaban J connectivity index is 3.38. The number of nitro benzene ring substituents is 2. The van der Waals surface area contributed by atoms with Crippen LogP contribution in [0.25, 0.3) is 0 Å². The van der Waals surface area contributed by atoms with Crippen molar-refractivity contribution in [1.82, 2.24) is 0 Å². The Hall–Kier alpha value is -2.62. The fourth-order valence-corrected chi connectivity index (χ4v) is 1.49. The van der Waals surface area contributed by atoms with Crippen molar-refractivity contribution in [2.24, 2.45) is 11.5 Å². The van der Waals surface area contributed by atoms with Crippen LogP contribution < -0.4 is 11.5 Å². The van der Waals surface area contributed by atoms with Crippen LogP contribution in [-0.4, -0.2) is 15.8 Å². The van der Waals surface area contributed by atoms with Crippen LogP contribution in [0.3, 0.4) is 0 Å². The van der Waals surface area contributed by atoms with Crippen molar-refractivity contribution in [2.75, 3.05) is 0 Å². The minimum Gasteiger partial charge on any atom is -0.370 e. The lowest BCUT2D eigenvalue weighted by molar-refractivity contribution is -0.396. The first-order valence-corrected chi connectivity index (χ1v) is 4.90. The number of carbonyl (C=O) groups excluding carboxylic acids is 1. The van der Waals surface area contributed by atoms with E-state index in [9.17, 15) is 29.4 Å². The highest BCUT2D eigenvalue weighted by Gasteiger charge is 2.28. The maximum atomic E-state index is 13.4. The highest BCUT2D eigenvalue weighted by atomic mass is 19.1. The van der Waals surface area contributed by atoms with Gasteiger partial charge in [-0.1, -0.05) is 0 Å². The van der Waals surface area contributed by atoms with Gasteiger partial charge in [0.1, 0.15) is 0 Å². The quantitative estimate of drug-likeness (QED) is 0.587. The Kier molecular flexibility index (Phi) is 4.07. The third-order valence-electron chi connectivity index (χ3n) is 2.31. The minimum atomic E-state index is -1.27. The van der Waals surface area contributed by atoms with E-state index in [1.807, 2.05) is 0 Å². The van der Waals surface area contributed by atoms with Gasteiger partial charge in [-0.3, -0.25) is 25.0 Å². The van der Waals surface area contributed by atoms with Gasteiger partial charge in [-0.05, 0) is 6.07 Å². The van der Waals surface area contributed by atoms with E-state index in [0.717, 1.165) is 0 Å². The van der Waals surface area contributed by atoms with Crippen molar-refractivity contribution in [2.45, 2.75) is 12.5 Å². The number of nitrogens with zero attached hydrogens (tertiary/aromatic N) is 2. The van der Waals surface area contributed by atoms with Gasteiger partial charge in [0.15, 0.2) is 0 Å². The lowest BCUT2D eigenvalue weighted by atomic mass is 10.0. The summed E-state index contributed by atoms with van der Waals surface area (Å²) >= 11 is 0. The molecule has 0 unspecified atom stereocenters. The molecule has 0 radical (unpaired) electrons. The zero-order valence-electron chi connectivity index (χ0n) is 9.41. The summed E-state index contributed by atoms with van der Waals surface area (Å²) in [6.07, 6.45) is -0.446. The van der Waals surface area contributed by atoms with Crippen LogP contribution in [0, 0.1) is 26.0 Å². The van der Waals surface area contributed by atoms with Crippen LogP contribution in [0.5, 0.6) is 0 Å². The standard InChI is InChI=1S/C9H9FN4O5/c10-5-1-4(6(11)2-9(12)15)7(13(16)17)3-8(5)14(18)19/h1,3,6H,2,11H2,(H2,12,15)/t6-/m0/s1. The number of amides is 1. The van der Waals surface area contributed by atoms with E-state index in [0.29, 0.717) is 12.1 Å². The molecule has 4 N–H and O–H groups in total. The largest absolute Gasteiger partial charge is 0.370 e. The lowest BCUT2D eigenvalue weighted by Gasteiger charge is -2.10. The van der Waals surface area contributed by atoms with Crippen LogP contribution in [0.2, 0.25) is 0 Å². The molecule has 1 amide bonds. The van der Waals surface area contributed by atoms with Gasteiger partial charge in [-0.2, -0.15) is 4.39 Å².